The van der Waals surface area contributed by atoms with E-state index in [4.69, 9.17) is 10.5 Å². The van der Waals surface area contributed by atoms with Crippen molar-refractivity contribution in [1.29, 1.82) is 0 Å². The van der Waals surface area contributed by atoms with E-state index >= 15 is 0 Å². The lowest BCUT2D eigenvalue weighted by Gasteiger charge is -2.10. The van der Waals surface area contributed by atoms with Crippen LogP contribution in [0.5, 0.6) is 0 Å². The fourth-order valence-corrected chi connectivity index (χ4v) is 5.90. The number of nitrogens with one attached hydrogen (secondary N) is 1. The molecule has 0 aliphatic rings. The molecule has 0 saturated heterocycles. The SMILES string of the molecule is CCc1cc(-c2nnc(SCC(=O)Nc3sc(C(N)=O)c(C)c3C(=O)OC(C)C)n2CC)cs1. The van der Waals surface area contributed by atoms with Gasteiger partial charge in [-0.2, -0.15) is 0 Å². The predicted molar refractivity (Wildman–Crippen MR) is 136 cm³/mol. The maximum Gasteiger partial charge on any atom is 0.341 e. The summed E-state index contributed by atoms with van der Waals surface area (Å²) in [6.07, 6.45) is 0.605. The van der Waals surface area contributed by atoms with Crippen molar-refractivity contribution in [2.24, 2.45) is 5.73 Å². The molecule has 0 radical (unpaired) electrons. The first-order valence-electron chi connectivity index (χ1n) is 10.7. The van der Waals surface area contributed by atoms with Gasteiger partial charge in [-0.15, -0.1) is 32.9 Å². The van der Waals surface area contributed by atoms with Crippen LogP contribution in [0, 0.1) is 6.92 Å². The Morgan fingerprint density at radius 1 is 1.26 bits per heavy atom. The topological polar surface area (TPSA) is 129 Å². The summed E-state index contributed by atoms with van der Waals surface area (Å²) in [5.41, 5.74) is 6.99. The number of nitrogens with two attached hydrogens (primary N) is 1. The zero-order chi connectivity index (χ0) is 25.0. The maximum atomic E-state index is 12.7. The van der Waals surface area contributed by atoms with Gasteiger partial charge in [0.05, 0.1) is 22.3 Å². The molecule has 2 amide bonds. The normalized spacial score (nSPS) is 11.1. The Labute approximate surface area is 210 Å². The van der Waals surface area contributed by atoms with Gasteiger partial charge in [0, 0.05) is 22.4 Å². The molecule has 0 aliphatic heterocycles. The van der Waals surface area contributed by atoms with Gasteiger partial charge in [-0.25, -0.2) is 4.79 Å². The summed E-state index contributed by atoms with van der Waals surface area (Å²) < 4.78 is 7.25. The van der Waals surface area contributed by atoms with Crippen molar-refractivity contribution in [3.05, 3.63) is 32.3 Å². The number of ether oxygens (including phenoxy) is 1. The first-order chi connectivity index (χ1) is 16.2. The highest BCUT2D eigenvalue weighted by Gasteiger charge is 2.26. The number of amides is 2. The molecule has 3 aromatic rings. The second kappa shape index (κ2) is 11.2. The molecule has 9 nitrogen and oxygen atoms in total. The van der Waals surface area contributed by atoms with Crippen LogP contribution in [-0.4, -0.2) is 44.4 Å². The molecular weight excluding hydrogens is 494 g/mol. The van der Waals surface area contributed by atoms with Crippen molar-refractivity contribution in [3.63, 3.8) is 0 Å². The molecule has 3 rings (SSSR count). The lowest BCUT2D eigenvalue weighted by molar-refractivity contribution is -0.113. The third-order valence-electron chi connectivity index (χ3n) is 4.80. The number of hydrogen-bond acceptors (Lipinski definition) is 9. The largest absolute Gasteiger partial charge is 0.459 e. The van der Waals surface area contributed by atoms with Crippen molar-refractivity contribution in [2.75, 3.05) is 11.1 Å². The molecule has 0 atom stereocenters. The Bertz CT molecular complexity index is 1210. The molecule has 0 aromatic carbocycles. The van der Waals surface area contributed by atoms with Crippen LogP contribution in [0.4, 0.5) is 5.00 Å². The highest BCUT2D eigenvalue weighted by Crippen LogP contribution is 2.34. The van der Waals surface area contributed by atoms with Crippen LogP contribution in [0.3, 0.4) is 0 Å². The number of thioether (sulfide) groups is 1. The van der Waals surface area contributed by atoms with Crippen molar-refractivity contribution >= 4 is 57.2 Å². The fourth-order valence-electron chi connectivity index (χ4n) is 3.23. The summed E-state index contributed by atoms with van der Waals surface area (Å²) in [5, 5.41) is 14.2. The number of anilines is 1. The molecule has 34 heavy (non-hydrogen) atoms. The number of carbonyl (C=O) groups is 3. The van der Waals surface area contributed by atoms with Crippen molar-refractivity contribution in [3.8, 4) is 11.4 Å². The van der Waals surface area contributed by atoms with Crippen LogP contribution in [0.2, 0.25) is 0 Å². The van der Waals surface area contributed by atoms with E-state index in [1.807, 2.05) is 11.5 Å². The first kappa shape index (κ1) is 25.9. The number of hydrogen-bond donors (Lipinski definition) is 2. The van der Waals surface area contributed by atoms with Gasteiger partial charge in [0.25, 0.3) is 5.91 Å². The second-order valence-electron chi connectivity index (χ2n) is 7.62. The third kappa shape index (κ3) is 5.68. The van der Waals surface area contributed by atoms with Crippen molar-refractivity contribution < 1.29 is 19.1 Å². The summed E-state index contributed by atoms with van der Waals surface area (Å²) in [4.78, 5) is 38.6. The molecule has 182 valence electrons. The van der Waals surface area contributed by atoms with Gasteiger partial charge in [0.2, 0.25) is 5.91 Å². The van der Waals surface area contributed by atoms with Gasteiger partial charge >= 0.3 is 5.97 Å². The highest BCUT2D eigenvalue weighted by atomic mass is 32.2. The number of esters is 1. The van der Waals surface area contributed by atoms with E-state index in [-0.39, 0.29) is 33.2 Å². The lowest BCUT2D eigenvalue weighted by atomic mass is 10.1. The van der Waals surface area contributed by atoms with Crippen LogP contribution >= 0.6 is 34.4 Å². The minimum Gasteiger partial charge on any atom is -0.459 e. The molecule has 0 saturated carbocycles. The van der Waals surface area contributed by atoms with Crippen molar-refractivity contribution in [2.45, 2.75) is 58.8 Å². The molecule has 3 aromatic heterocycles. The van der Waals surface area contributed by atoms with Crippen LogP contribution in [0.25, 0.3) is 11.4 Å². The molecular formula is C22H27N5O4S3. The number of primary amides is 1. The molecule has 0 spiro atoms. The Kier molecular flexibility index (Phi) is 8.50. The van der Waals surface area contributed by atoms with Gasteiger partial charge in [0.15, 0.2) is 11.0 Å². The van der Waals surface area contributed by atoms with Gasteiger partial charge < -0.3 is 20.4 Å². The maximum absolute atomic E-state index is 12.7. The quantitative estimate of drug-likeness (QED) is 0.300. The first-order valence-corrected chi connectivity index (χ1v) is 13.4. The second-order valence-corrected chi connectivity index (χ2v) is 10.6. The number of carbonyl (C=O) groups excluding carboxylic acids is 3. The minimum atomic E-state index is -0.667. The smallest absolute Gasteiger partial charge is 0.341 e. The Morgan fingerprint density at radius 2 is 2.00 bits per heavy atom. The fraction of sp³-hybridized carbons (Fsp3) is 0.409. The van der Waals surface area contributed by atoms with E-state index in [0.29, 0.717) is 17.3 Å². The number of aryl methyl sites for hydroxylation is 1. The summed E-state index contributed by atoms with van der Waals surface area (Å²) >= 11 is 3.89. The molecule has 0 aliphatic carbocycles. The molecule has 0 fully saturated rings. The summed E-state index contributed by atoms with van der Waals surface area (Å²) in [7, 11) is 0. The predicted octanol–water partition coefficient (Wildman–Crippen LogP) is 4.35. The molecule has 0 unspecified atom stereocenters. The van der Waals surface area contributed by atoms with Crippen LogP contribution in [0.15, 0.2) is 16.6 Å². The van der Waals surface area contributed by atoms with Gasteiger partial charge in [-0.05, 0) is 45.7 Å². The van der Waals surface area contributed by atoms with E-state index in [2.05, 4.69) is 33.9 Å². The van der Waals surface area contributed by atoms with Gasteiger partial charge in [-0.1, -0.05) is 18.7 Å². The van der Waals surface area contributed by atoms with Gasteiger partial charge in [-0.3, -0.25) is 9.59 Å². The monoisotopic (exact) mass is 521 g/mol. The zero-order valence-electron chi connectivity index (χ0n) is 19.6. The van der Waals surface area contributed by atoms with Crippen LogP contribution in [-0.2, 0) is 22.5 Å². The number of rotatable bonds is 10. The Hall–Kier alpha value is -2.70. The van der Waals surface area contributed by atoms with Crippen LogP contribution in [0.1, 0.15) is 58.2 Å². The standard InChI is InChI=1S/C22H27N5O4S3/c1-6-14-8-13(9-32-14)19-25-26-22(27(19)7-2)33-10-15(28)24-20-16(21(30)31-11(3)4)12(5)17(34-20)18(23)29/h8-9,11H,6-7,10H2,1-5H3,(H2,23,29)(H,24,28). The van der Waals surface area contributed by atoms with E-state index in [9.17, 15) is 14.4 Å². The zero-order valence-corrected chi connectivity index (χ0v) is 22.1. The highest BCUT2D eigenvalue weighted by molar-refractivity contribution is 7.99. The minimum absolute atomic E-state index is 0.0451. The molecule has 3 heterocycles. The Balaban J connectivity index is 1.76. The van der Waals surface area contributed by atoms with E-state index in [1.165, 1.54) is 16.6 Å². The van der Waals surface area contributed by atoms with E-state index < -0.39 is 11.9 Å². The summed E-state index contributed by atoms with van der Waals surface area (Å²) in [6.45, 7) is 9.81. The Morgan fingerprint density at radius 3 is 2.59 bits per heavy atom. The van der Waals surface area contributed by atoms with E-state index in [0.717, 1.165) is 29.1 Å². The summed E-state index contributed by atoms with van der Waals surface area (Å²) in [6, 6.07) is 2.11. The van der Waals surface area contributed by atoms with Crippen LogP contribution < -0.4 is 11.1 Å². The molecule has 3 N–H and O–H groups in total. The number of nitrogens with zero attached hydrogens (tertiary/aromatic N) is 3. The average molecular weight is 522 g/mol. The van der Waals surface area contributed by atoms with Gasteiger partial charge in [0.1, 0.15) is 5.00 Å². The lowest BCUT2D eigenvalue weighted by Crippen LogP contribution is -2.18. The molecule has 0 bridgehead atoms. The number of aromatic nitrogens is 3. The molecule has 12 heteroatoms. The third-order valence-corrected chi connectivity index (χ3v) is 8.07. The number of thiophene rings is 2. The summed E-state index contributed by atoms with van der Waals surface area (Å²) in [5.74, 6) is -0.823. The van der Waals surface area contributed by atoms with E-state index in [1.54, 1.807) is 32.1 Å². The average Bonchev–Trinajstić information content (AvgIpc) is 3.48. The van der Waals surface area contributed by atoms with Crippen molar-refractivity contribution in [1.82, 2.24) is 14.8 Å².